The number of hydrogen-bond donors (Lipinski definition) is 1. The summed E-state index contributed by atoms with van der Waals surface area (Å²) < 4.78 is 7.04. The van der Waals surface area contributed by atoms with Crippen molar-refractivity contribution < 1.29 is 14.6 Å². The fourth-order valence-corrected chi connectivity index (χ4v) is 4.39. The molecule has 4 aromatic rings. The van der Waals surface area contributed by atoms with Gasteiger partial charge in [0, 0.05) is 18.8 Å². The first-order valence-corrected chi connectivity index (χ1v) is 12.5. The van der Waals surface area contributed by atoms with Crippen molar-refractivity contribution in [1.82, 2.24) is 4.57 Å². The maximum absolute atomic E-state index is 12.6. The van der Waals surface area contributed by atoms with Gasteiger partial charge >= 0.3 is 5.97 Å². The quantitative estimate of drug-likeness (QED) is 0.285. The van der Waals surface area contributed by atoms with Gasteiger partial charge in [0.2, 0.25) is 0 Å². The van der Waals surface area contributed by atoms with Crippen molar-refractivity contribution in [3.63, 3.8) is 0 Å². The zero-order chi connectivity index (χ0) is 26.4. The molecule has 0 saturated heterocycles. The zero-order valence-electron chi connectivity index (χ0n) is 21.6. The van der Waals surface area contributed by atoms with Crippen molar-refractivity contribution in [1.29, 1.82) is 0 Å². The van der Waals surface area contributed by atoms with Crippen molar-refractivity contribution in [2.24, 2.45) is 0 Å². The molecule has 0 amide bonds. The number of aliphatic carboxylic acids is 1. The first-order valence-electron chi connectivity index (χ1n) is 12.5. The highest BCUT2D eigenvalue weighted by Crippen LogP contribution is 2.33. The Bertz CT molecular complexity index is 1430. The fraction of sp³-hybridized carbons (Fsp3) is 0.250. The lowest BCUT2D eigenvalue weighted by molar-refractivity contribution is -0.139. The number of carboxylic acid groups (broad SMARTS) is 1. The molecule has 1 aromatic heterocycles. The summed E-state index contributed by atoms with van der Waals surface area (Å²) in [5, 5.41) is 8.81. The van der Waals surface area contributed by atoms with Crippen molar-refractivity contribution in [3.8, 4) is 28.0 Å². The van der Waals surface area contributed by atoms with E-state index >= 15 is 0 Å². The highest BCUT2D eigenvalue weighted by Gasteiger charge is 2.14. The van der Waals surface area contributed by atoms with E-state index in [2.05, 4.69) is 57.2 Å². The second-order valence-electron chi connectivity index (χ2n) is 10.3. The highest BCUT2D eigenvalue weighted by atomic mass is 16.5. The van der Waals surface area contributed by atoms with Crippen LogP contribution in [0.3, 0.4) is 0 Å². The summed E-state index contributed by atoms with van der Waals surface area (Å²) in [6.45, 7) is 6.85. The summed E-state index contributed by atoms with van der Waals surface area (Å²) in [4.78, 5) is 23.4. The number of hydrogen-bond acceptors (Lipinski definition) is 3. The molecule has 0 saturated carbocycles. The van der Waals surface area contributed by atoms with E-state index in [-0.39, 0.29) is 17.6 Å². The first kappa shape index (κ1) is 26.0. The molecule has 5 heteroatoms. The minimum atomic E-state index is -1.01. The van der Waals surface area contributed by atoms with Gasteiger partial charge in [0.1, 0.15) is 5.75 Å². The Morgan fingerprint density at radius 2 is 1.54 bits per heavy atom. The van der Waals surface area contributed by atoms with Crippen molar-refractivity contribution >= 4 is 5.97 Å². The maximum atomic E-state index is 12.6. The molecular formula is C32H33NO4. The van der Waals surface area contributed by atoms with Crippen LogP contribution in [-0.4, -0.2) is 22.2 Å². The second-order valence-corrected chi connectivity index (χ2v) is 10.3. The number of ether oxygens (including phenoxy) is 1. The smallest absolute Gasteiger partial charge is 0.341 e. The first-order chi connectivity index (χ1) is 17.7. The van der Waals surface area contributed by atoms with Crippen molar-refractivity contribution in [2.45, 2.75) is 45.6 Å². The topological polar surface area (TPSA) is 68.5 Å². The van der Waals surface area contributed by atoms with Gasteiger partial charge in [-0.25, -0.2) is 4.79 Å². The van der Waals surface area contributed by atoms with E-state index in [1.165, 1.54) is 5.56 Å². The minimum absolute atomic E-state index is 0.0331. The molecule has 0 aliphatic rings. The lowest BCUT2D eigenvalue weighted by Crippen LogP contribution is -2.19. The summed E-state index contributed by atoms with van der Waals surface area (Å²) in [6.07, 6.45) is 3.45. The van der Waals surface area contributed by atoms with Gasteiger partial charge in [0.15, 0.2) is 6.61 Å². The van der Waals surface area contributed by atoms with E-state index in [0.717, 1.165) is 40.7 Å². The third-order valence-electron chi connectivity index (χ3n) is 6.41. The number of benzene rings is 3. The summed E-state index contributed by atoms with van der Waals surface area (Å²) in [6, 6.07) is 28.0. The Hall–Kier alpha value is -4.12. The molecule has 1 heterocycles. The summed E-state index contributed by atoms with van der Waals surface area (Å²) in [5.74, 6) is -0.473. The molecule has 0 aliphatic carbocycles. The van der Waals surface area contributed by atoms with Crippen LogP contribution in [0.1, 0.15) is 38.3 Å². The van der Waals surface area contributed by atoms with E-state index in [9.17, 15) is 9.59 Å². The molecule has 37 heavy (non-hydrogen) atoms. The van der Waals surface area contributed by atoms with E-state index in [4.69, 9.17) is 9.84 Å². The zero-order valence-corrected chi connectivity index (χ0v) is 21.6. The van der Waals surface area contributed by atoms with E-state index in [0.29, 0.717) is 12.3 Å². The van der Waals surface area contributed by atoms with E-state index < -0.39 is 5.97 Å². The van der Waals surface area contributed by atoms with Gasteiger partial charge < -0.3 is 14.4 Å². The molecule has 0 unspecified atom stereocenters. The molecule has 3 aromatic carbocycles. The third-order valence-corrected chi connectivity index (χ3v) is 6.41. The minimum Gasteiger partial charge on any atom is -0.482 e. The Kier molecular flexibility index (Phi) is 7.92. The molecule has 0 bridgehead atoms. The average Bonchev–Trinajstić information content (AvgIpc) is 2.88. The monoisotopic (exact) mass is 495 g/mol. The van der Waals surface area contributed by atoms with E-state index in [1.807, 2.05) is 42.6 Å². The van der Waals surface area contributed by atoms with Gasteiger partial charge in [-0.05, 0) is 69.8 Å². The number of carbonyl (C=O) groups is 1. The van der Waals surface area contributed by atoms with Gasteiger partial charge in [-0.15, -0.1) is 0 Å². The SMILES string of the molecule is CC(C)(C)c1ccc(-c2ccccc2-c2ccc(=O)n(CCCc3cccc(OCC(=O)O)c3)c2)cc1. The summed E-state index contributed by atoms with van der Waals surface area (Å²) in [7, 11) is 0. The predicted octanol–water partition coefficient (Wildman–Crippen LogP) is 6.58. The molecule has 190 valence electrons. The highest BCUT2D eigenvalue weighted by molar-refractivity contribution is 5.83. The van der Waals surface area contributed by atoms with Crippen molar-refractivity contribution in [2.75, 3.05) is 6.61 Å². The Balaban J connectivity index is 1.51. The number of nitrogens with zero attached hydrogens (tertiary/aromatic N) is 1. The summed E-state index contributed by atoms with van der Waals surface area (Å²) >= 11 is 0. The van der Waals surface area contributed by atoms with Crippen LogP contribution in [0, 0.1) is 0 Å². The van der Waals surface area contributed by atoms with Gasteiger partial charge in [-0.1, -0.05) is 81.4 Å². The van der Waals surface area contributed by atoms with E-state index in [1.54, 1.807) is 16.7 Å². The van der Waals surface area contributed by atoms with Crippen LogP contribution in [0.15, 0.2) is 95.9 Å². The van der Waals surface area contributed by atoms with Gasteiger partial charge in [-0.3, -0.25) is 4.79 Å². The van der Waals surface area contributed by atoms with Crippen LogP contribution in [0.2, 0.25) is 0 Å². The Labute approximate surface area is 218 Å². The maximum Gasteiger partial charge on any atom is 0.341 e. The molecule has 0 spiro atoms. The molecular weight excluding hydrogens is 462 g/mol. The molecule has 0 radical (unpaired) electrons. The molecule has 5 nitrogen and oxygen atoms in total. The predicted molar refractivity (Wildman–Crippen MR) is 148 cm³/mol. The molecule has 0 fully saturated rings. The largest absolute Gasteiger partial charge is 0.482 e. The number of carboxylic acids is 1. The number of aromatic nitrogens is 1. The lowest BCUT2D eigenvalue weighted by atomic mass is 9.85. The third kappa shape index (κ3) is 6.76. The van der Waals surface area contributed by atoms with Crippen LogP contribution in [0.4, 0.5) is 0 Å². The number of rotatable bonds is 9. The molecule has 1 N–H and O–H groups in total. The molecule has 0 atom stereocenters. The van der Waals surface area contributed by atoms with Gasteiger partial charge in [0.25, 0.3) is 5.56 Å². The Morgan fingerprint density at radius 3 is 2.22 bits per heavy atom. The molecule has 0 aliphatic heterocycles. The molecule has 4 rings (SSSR count). The van der Waals surface area contributed by atoms with Crippen LogP contribution in [0.5, 0.6) is 5.75 Å². The van der Waals surface area contributed by atoms with Gasteiger partial charge in [-0.2, -0.15) is 0 Å². The van der Waals surface area contributed by atoms with Crippen LogP contribution in [-0.2, 0) is 23.2 Å². The van der Waals surface area contributed by atoms with Crippen LogP contribution in [0.25, 0.3) is 22.3 Å². The number of aryl methyl sites for hydroxylation is 2. The second kappa shape index (κ2) is 11.3. The summed E-state index contributed by atoms with van der Waals surface area (Å²) in [5.41, 5.74) is 6.76. The standard InChI is InChI=1S/C32H33NO4/c1-32(2,3)26-16-13-24(14-17-26)28-11-4-5-12-29(28)25-15-18-30(34)33(21-25)19-7-9-23-8-6-10-27(20-23)37-22-31(35)36/h4-6,8,10-18,20-21H,7,9,19,22H2,1-3H3,(H,35,36). The number of pyridine rings is 1. The van der Waals surface area contributed by atoms with Crippen LogP contribution >= 0.6 is 0 Å². The van der Waals surface area contributed by atoms with Gasteiger partial charge in [0.05, 0.1) is 0 Å². The van der Waals surface area contributed by atoms with Crippen LogP contribution < -0.4 is 10.3 Å². The van der Waals surface area contributed by atoms with Crippen molar-refractivity contribution in [3.05, 3.63) is 113 Å². The fourth-order valence-electron chi connectivity index (χ4n) is 4.39. The Morgan fingerprint density at radius 1 is 0.865 bits per heavy atom. The average molecular weight is 496 g/mol. The normalized spacial score (nSPS) is 11.3. The lowest BCUT2D eigenvalue weighted by Gasteiger charge is -2.19.